The van der Waals surface area contributed by atoms with Gasteiger partial charge in [-0.05, 0) is 42.7 Å². The van der Waals surface area contributed by atoms with E-state index in [-0.39, 0.29) is 29.3 Å². The van der Waals surface area contributed by atoms with Gasteiger partial charge < -0.3 is 10.2 Å². The monoisotopic (exact) mass is 475 g/mol. The van der Waals surface area contributed by atoms with Gasteiger partial charge in [0.05, 0.1) is 5.56 Å². The lowest BCUT2D eigenvalue weighted by Crippen LogP contribution is -2.52. The predicted molar refractivity (Wildman–Crippen MR) is 119 cm³/mol. The van der Waals surface area contributed by atoms with Gasteiger partial charge in [-0.15, -0.1) is 0 Å². The van der Waals surface area contributed by atoms with E-state index < -0.39 is 40.2 Å². The number of hydrogen-bond acceptors (Lipinski definition) is 5. The molecule has 1 heterocycles. The van der Waals surface area contributed by atoms with Gasteiger partial charge in [-0.25, -0.2) is 17.1 Å². The molecule has 0 aliphatic carbocycles. The van der Waals surface area contributed by atoms with Crippen LogP contribution in [0.2, 0.25) is 0 Å². The number of rotatable bonds is 9. The lowest BCUT2D eigenvalue weighted by molar-refractivity contribution is -0.141. The number of nitrogens with zero attached hydrogens (tertiary/aromatic N) is 2. The van der Waals surface area contributed by atoms with E-state index in [4.69, 9.17) is 0 Å². The molecule has 0 fully saturated rings. The Hall–Kier alpha value is -3.27. The zero-order valence-electron chi connectivity index (χ0n) is 18.5. The lowest BCUT2D eigenvalue weighted by atomic mass is 10.1. The fraction of sp³-hybridized carbons (Fsp3) is 0.348. The highest BCUT2D eigenvalue weighted by molar-refractivity contribution is 7.90. The summed E-state index contributed by atoms with van der Waals surface area (Å²) < 4.78 is 39.6. The van der Waals surface area contributed by atoms with E-state index >= 15 is 0 Å². The molecule has 1 unspecified atom stereocenters. The van der Waals surface area contributed by atoms with Crippen LogP contribution in [-0.2, 0) is 26.2 Å². The summed E-state index contributed by atoms with van der Waals surface area (Å²) in [6, 6.07) is 10.3. The molecule has 0 saturated carbocycles. The van der Waals surface area contributed by atoms with Crippen molar-refractivity contribution in [2.75, 3.05) is 13.1 Å². The Labute approximate surface area is 192 Å². The van der Waals surface area contributed by atoms with Crippen molar-refractivity contribution in [2.45, 2.75) is 44.2 Å². The maximum atomic E-state index is 13.3. The zero-order chi connectivity index (χ0) is 24.2. The van der Waals surface area contributed by atoms with Crippen molar-refractivity contribution >= 4 is 27.7 Å². The largest absolute Gasteiger partial charge is 0.354 e. The summed E-state index contributed by atoms with van der Waals surface area (Å²) in [5, 5.41) is 2.75. The van der Waals surface area contributed by atoms with E-state index in [1.165, 1.54) is 47.4 Å². The standard InChI is InChI=1S/C23H26FN3O5S/c1-3-13-25-22(29)19(4-2)26(14-16-9-11-17(24)12-10-16)21(28)15-27-23(30)18-7-5-6-8-20(18)33(27,31)32/h5-12,19H,3-4,13-15H2,1-2H3,(H,25,29). The van der Waals surface area contributed by atoms with Gasteiger partial charge in [0.2, 0.25) is 11.8 Å². The first-order chi connectivity index (χ1) is 15.7. The summed E-state index contributed by atoms with van der Waals surface area (Å²) in [7, 11) is -4.18. The van der Waals surface area contributed by atoms with Crippen molar-refractivity contribution in [3.8, 4) is 0 Å². The Bertz CT molecular complexity index is 1150. The minimum atomic E-state index is -4.18. The van der Waals surface area contributed by atoms with Crippen LogP contribution in [0.3, 0.4) is 0 Å². The van der Waals surface area contributed by atoms with Crippen molar-refractivity contribution in [3.05, 3.63) is 65.5 Å². The van der Waals surface area contributed by atoms with E-state index in [0.717, 1.165) is 0 Å². The summed E-state index contributed by atoms with van der Waals surface area (Å²) >= 11 is 0. The normalized spacial score (nSPS) is 15.1. The number of carbonyl (C=O) groups excluding carboxylic acids is 3. The predicted octanol–water partition coefficient (Wildman–Crippen LogP) is 2.30. The topological polar surface area (TPSA) is 104 Å². The number of hydrogen-bond donors (Lipinski definition) is 1. The quantitative estimate of drug-likeness (QED) is 0.599. The molecule has 0 bridgehead atoms. The molecule has 2 aromatic rings. The number of halogens is 1. The fourth-order valence-electron chi connectivity index (χ4n) is 3.67. The van der Waals surface area contributed by atoms with E-state index in [0.29, 0.717) is 22.8 Å². The van der Waals surface area contributed by atoms with Crippen LogP contribution in [0.4, 0.5) is 4.39 Å². The molecule has 0 saturated heterocycles. The molecule has 1 aliphatic rings. The average Bonchev–Trinajstić information content (AvgIpc) is 2.99. The van der Waals surface area contributed by atoms with Crippen LogP contribution >= 0.6 is 0 Å². The molecule has 1 atom stereocenters. The van der Waals surface area contributed by atoms with Crippen LogP contribution in [0.1, 0.15) is 42.6 Å². The molecule has 176 valence electrons. The molecular formula is C23H26FN3O5S. The maximum Gasteiger partial charge on any atom is 0.269 e. The SMILES string of the molecule is CCCNC(=O)C(CC)N(Cc1ccc(F)cc1)C(=O)CN1C(=O)c2ccccc2S1(=O)=O. The second-order valence-electron chi connectivity index (χ2n) is 7.68. The molecule has 1 aliphatic heterocycles. The summed E-state index contributed by atoms with van der Waals surface area (Å²) in [4.78, 5) is 39.9. The number of fused-ring (bicyclic) bond motifs is 1. The average molecular weight is 476 g/mol. The number of amides is 3. The van der Waals surface area contributed by atoms with Crippen molar-refractivity contribution in [2.24, 2.45) is 0 Å². The van der Waals surface area contributed by atoms with Gasteiger partial charge in [-0.2, -0.15) is 0 Å². The van der Waals surface area contributed by atoms with Gasteiger partial charge in [0.25, 0.3) is 15.9 Å². The highest BCUT2D eigenvalue weighted by Gasteiger charge is 2.43. The van der Waals surface area contributed by atoms with Crippen LogP contribution in [0, 0.1) is 5.82 Å². The number of benzene rings is 2. The molecular weight excluding hydrogens is 449 g/mol. The Morgan fingerprint density at radius 2 is 1.76 bits per heavy atom. The van der Waals surface area contributed by atoms with Crippen molar-refractivity contribution < 1.29 is 27.2 Å². The van der Waals surface area contributed by atoms with Gasteiger partial charge in [0, 0.05) is 13.1 Å². The van der Waals surface area contributed by atoms with E-state index in [1.807, 2.05) is 6.92 Å². The first-order valence-electron chi connectivity index (χ1n) is 10.7. The van der Waals surface area contributed by atoms with Crippen LogP contribution in [0.25, 0.3) is 0 Å². The molecule has 33 heavy (non-hydrogen) atoms. The molecule has 0 radical (unpaired) electrons. The summed E-state index contributed by atoms with van der Waals surface area (Å²) in [6.07, 6.45) is 0.969. The van der Waals surface area contributed by atoms with E-state index in [9.17, 15) is 27.2 Å². The first-order valence-corrected chi connectivity index (χ1v) is 12.1. The Kier molecular flexibility index (Phi) is 7.47. The molecule has 1 N–H and O–H groups in total. The fourth-order valence-corrected chi connectivity index (χ4v) is 5.19. The molecule has 3 amide bonds. The van der Waals surface area contributed by atoms with Crippen LogP contribution < -0.4 is 5.32 Å². The number of sulfonamides is 1. The van der Waals surface area contributed by atoms with Crippen LogP contribution in [-0.4, -0.2) is 54.5 Å². The molecule has 2 aromatic carbocycles. The first kappa shape index (κ1) is 24.4. The maximum absolute atomic E-state index is 13.3. The minimum Gasteiger partial charge on any atom is -0.354 e. The summed E-state index contributed by atoms with van der Waals surface area (Å²) in [5.41, 5.74) is 0.563. The van der Waals surface area contributed by atoms with Crippen molar-refractivity contribution in [3.63, 3.8) is 0 Å². The van der Waals surface area contributed by atoms with Gasteiger partial charge in [-0.3, -0.25) is 14.4 Å². The number of nitrogens with one attached hydrogen (secondary N) is 1. The highest BCUT2D eigenvalue weighted by atomic mass is 32.2. The molecule has 8 nitrogen and oxygen atoms in total. The minimum absolute atomic E-state index is 0.00288. The molecule has 3 rings (SSSR count). The van der Waals surface area contributed by atoms with Gasteiger partial charge in [0.15, 0.2) is 0 Å². The van der Waals surface area contributed by atoms with Gasteiger partial charge in [-0.1, -0.05) is 38.1 Å². The van der Waals surface area contributed by atoms with Crippen LogP contribution in [0.5, 0.6) is 0 Å². The third-order valence-corrected chi connectivity index (χ3v) is 7.18. The summed E-state index contributed by atoms with van der Waals surface area (Å²) in [5.74, 6) is -2.32. The third kappa shape index (κ3) is 5.05. The molecule has 0 spiro atoms. The Balaban J connectivity index is 1.91. The zero-order valence-corrected chi connectivity index (χ0v) is 19.3. The number of carbonyl (C=O) groups is 3. The molecule has 10 heteroatoms. The summed E-state index contributed by atoms with van der Waals surface area (Å²) in [6.45, 7) is 3.25. The second kappa shape index (κ2) is 10.1. The Morgan fingerprint density at radius 1 is 1.09 bits per heavy atom. The van der Waals surface area contributed by atoms with E-state index in [1.54, 1.807) is 13.0 Å². The van der Waals surface area contributed by atoms with Crippen molar-refractivity contribution in [1.82, 2.24) is 14.5 Å². The third-order valence-electron chi connectivity index (χ3n) is 5.39. The smallest absolute Gasteiger partial charge is 0.269 e. The highest BCUT2D eigenvalue weighted by Crippen LogP contribution is 2.30. The van der Waals surface area contributed by atoms with Gasteiger partial charge in [0.1, 0.15) is 23.3 Å². The van der Waals surface area contributed by atoms with Crippen LogP contribution in [0.15, 0.2) is 53.4 Å². The van der Waals surface area contributed by atoms with E-state index in [2.05, 4.69) is 5.32 Å². The van der Waals surface area contributed by atoms with Crippen molar-refractivity contribution in [1.29, 1.82) is 0 Å². The van der Waals surface area contributed by atoms with Gasteiger partial charge >= 0.3 is 0 Å². The lowest BCUT2D eigenvalue weighted by Gasteiger charge is -2.31. The second-order valence-corrected chi connectivity index (χ2v) is 9.51. The Morgan fingerprint density at radius 3 is 2.36 bits per heavy atom. The molecule has 0 aromatic heterocycles.